The van der Waals surface area contributed by atoms with Gasteiger partial charge in [-0.05, 0) is 43.9 Å². The Labute approximate surface area is 165 Å². The van der Waals surface area contributed by atoms with Crippen molar-refractivity contribution in [2.24, 2.45) is 0 Å². The fraction of sp³-hybridized carbons (Fsp3) is 0.526. The molecule has 0 unspecified atom stereocenters. The molecule has 3 heterocycles. The second kappa shape index (κ2) is 8.98. The van der Waals surface area contributed by atoms with E-state index in [1.165, 1.54) is 6.26 Å². The minimum Gasteiger partial charge on any atom is -0.463 e. The SMILES string of the molecule is CC[C@@H]1CCCCN1C(=O)CCSc1nc(-c2ccco2)cc(C(F)(F)F)n1. The van der Waals surface area contributed by atoms with Gasteiger partial charge in [0, 0.05) is 24.8 Å². The number of thioether (sulfide) groups is 1. The number of carbonyl (C=O) groups excluding carboxylic acids is 1. The molecule has 1 amide bonds. The van der Waals surface area contributed by atoms with E-state index in [0.717, 1.165) is 50.1 Å². The fourth-order valence-electron chi connectivity index (χ4n) is 3.31. The van der Waals surface area contributed by atoms with Crippen LogP contribution in [0.3, 0.4) is 0 Å². The highest BCUT2D eigenvalue weighted by atomic mass is 32.2. The second-order valence-corrected chi connectivity index (χ2v) is 7.70. The molecule has 9 heteroatoms. The molecule has 1 aliphatic heterocycles. The molecule has 0 aliphatic carbocycles. The van der Waals surface area contributed by atoms with E-state index in [1.54, 1.807) is 12.1 Å². The standard InChI is InChI=1S/C19H22F3N3O2S/c1-2-13-6-3-4-9-25(13)17(26)8-11-28-18-23-14(15-7-5-10-27-15)12-16(24-18)19(20,21)22/h5,7,10,12-13H,2-4,6,8-9,11H2,1H3/t13-/m1/s1. The van der Waals surface area contributed by atoms with E-state index in [2.05, 4.69) is 16.9 Å². The van der Waals surface area contributed by atoms with Crippen LogP contribution in [-0.4, -0.2) is 39.1 Å². The number of rotatable bonds is 6. The van der Waals surface area contributed by atoms with Gasteiger partial charge in [0.05, 0.1) is 6.26 Å². The number of hydrogen-bond acceptors (Lipinski definition) is 5. The van der Waals surface area contributed by atoms with Gasteiger partial charge in [-0.15, -0.1) is 0 Å². The predicted molar refractivity (Wildman–Crippen MR) is 99.7 cm³/mol. The zero-order chi connectivity index (χ0) is 20.1. The van der Waals surface area contributed by atoms with Gasteiger partial charge in [-0.1, -0.05) is 18.7 Å². The summed E-state index contributed by atoms with van der Waals surface area (Å²) in [5.74, 6) is 0.604. The van der Waals surface area contributed by atoms with Crippen molar-refractivity contribution in [1.29, 1.82) is 0 Å². The molecule has 1 atom stereocenters. The van der Waals surface area contributed by atoms with Gasteiger partial charge >= 0.3 is 6.18 Å². The molecular weight excluding hydrogens is 391 g/mol. The molecule has 0 N–H and O–H groups in total. The molecular formula is C19H22F3N3O2S. The van der Waals surface area contributed by atoms with E-state index in [9.17, 15) is 18.0 Å². The second-order valence-electron chi connectivity index (χ2n) is 6.64. The Morgan fingerprint density at radius 3 is 2.86 bits per heavy atom. The monoisotopic (exact) mass is 413 g/mol. The maximum absolute atomic E-state index is 13.2. The first-order valence-electron chi connectivity index (χ1n) is 9.31. The number of amides is 1. The van der Waals surface area contributed by atoms with Gasteiger partial charge in [0.1, 0.15) is 11.4 Å². The highest BCUT2D eigenvalue weighted by molar-refractivity contribution is 7.99. The van der Waals surface area contributed by atoms with E-state index in [4.69, 9.17) is 4.42 Å². The smallest absolute Gasteiger partial charge is 0.433 e. The van der Waals surface area contributed by atoms with Crippen molar-refractivity contribution < 1.29 is 22.4 Å². The van der Waals surface area contributed by atoms with Crippen molar-refractivity contribution in [1.82, 2.24) is 14.9 Å². The van der Waals surface area contributed by atoms with Crippen LogP contribution in [0.25, 0.3) is 11.5 Å². The van der Waals surface area contributed by atoms with E-state index in [1.807, 2.05) is 4.90 Å². The number of aromatic nitrogens is 2. The summed E-state index contributed by atoms with van der Waals surface area (Å²) in [6.07, 6.45) is 1.09. The molecule has 0 spiro atoms. The largest absolute Gasteiger partial charge is 0.463 e. The summed E-state index contributed by atoms with van der Waals surface area (Å²) in [5.41, 5.74) is -0.951. The van der Waals surface area contributed by atoms with Gasteiger partial charge in [-0.3, -0.25) is 4.79 Å². The van der Waals surface area contributed by atoms with Crippen molar-refractivity contribution >= 4 is 17.7 Å². The van der Waals surface area contributed by atoms with Crippen molar-refractivity contribution in [2.75, 3.05) is 12.3 Å². The van der Waals surface area contributed by atoms with Gasteiger partial charge < -0.3 is 9.32 Å². The molecule has 0 bridgehead atoms. The number of halogens is 3. The summed E-state index contributed by atoms with van der Waals surface area (Å²) >= 11 is 1.05. The van der Waals surface area contributed by atoms with Crippen LogP contribution in [-0.2, 0) is 11.0 Å². The Hall–Kier alpha value is -2.03. The van der Waals surface area contributed by atoms with E-state index in [-0.39, 0.29) is 35.0 Å². The maximum Gasteiger partial charge on any atom is 0.433 e. The van der Waals surface area contributed by atoms with E-state index in [0.29, 0.717) is 5.75 Å². The molecule has 0 saturated carbocycles. The Bertz CT molecular complexity index is 796. The van der Waals surface area contributed by atoms with Crippen LogP contribution in [0, 0.1) is 0 Å². The molecule has 0 aromatic carbocycles. The third kappa shape index (κ3) is 5.06. The van der Waals surface area contributed by atoms with Crippen molar-refractivity contribution in [3.05, 3.63) is 30.2 Å². The zero-order valence-electron chi connectivity index (χ0n) is 15.5. The van der Waals surface area contributed by atoms with Gasteiger partial charge in [0.25, 0.3) is 0 Å². The summed E-state index contributed by atoms with van der Waals surface area (Å²) in [5, 5.41) is -0.0142. The molecule has 2 aromatic heterocycles. The molecule has 1 saturated heterocycles. The number of furan rings is 1. The zero-order valence-corrected chi connectivity index (χ0v) is 16.4. The average Bonchev–Trinajstić information content (AvgIpc) is 3.22. The van der Waals surface area contributed by atoms with Gasteiger partial charge in [-0.25, -0.2) is 9.97 Å². The quantitative estimate of drug-likeness (QED) is 0.491. The van der Waals surface area contributed by atoms with Crippen LogP contribution in [0.1, 0.15) is 44.7 Å². The lowest BCUT2D eigenvalue weighted by Gasteiger charge is -2.35. The van der Waals surface area contributed by atoms with Crippen LogP contribution < -0.4 is 0 Å². The molecule has 5 nitrogen and oxygen atoms in total. The van der Waals surface area contributed by atoms with E-state index < -0.39 is 11.9 Å². The maximum atomic E-state index is 13.2. The van der Waals surface area contributed by atoms with Gasteiger partial charge in [0.15, 0.2) is 10.9 Å². The Balaban J connectivity index is 1.68. The number of piperidine rings is 1. The van der Waals surface area contributed by atoms with Crippen LogP contribution >= 0.6 is 11.8 Å². The van der Waals surface area contributed by atoms with Gasteiger partial charge in [0.2, 0.25) is 5.91 Å². The predicted octanol–water partition coefficient (Wildman–Crippen LogP) is 5.03. The lowest BCUT2D eigenvalue weighted by molar-refractivity contribution is -0.141. The minimum absolute atomic E-state index is 0.0142. The Morgan fingerprint density at radius 2 is 2.18 bits per heavy atom. The van der Waals surface area contributed by atoms with Crippen LogP contribution in [0.15, 0.2) is 34.0 Å². The molecule has 0 radical (unpaired) electrons. The molecule has 152 valence electrons. The molecule has 2 aromatic rings. The van der Waals surface area contributed by atoms with E-state index >= 15 is 0 Å². The third-order valence-electron chi connectivity index (χ3n) is 4.74. The topological polar surface area (TPSA) is 59.2 Å². The summed E-state index contributed by atoms with van der Waals surface area (Å²) < 4.78 is 44.7. The van der Waals surface area contributed by atoms with Gasteiger partial charge in [-0.2, -0.15) is 13.2 Å². The first-order chi connectivity index (χ1) is 13.4. The lowest BCUT2D eigenvalue weighted by atomic mass is 10.00. The summed E-state index contributed by atoms with van der Waals surface area (Å²) in [6.45, 7) is 2.82. The number of carbonyl (C=O) groups is 1. The minimum atomic E-state index is -4.59. The first kappa shape index (κ1) is 20.7. The fourth-order valence-corrected chi connectivity index (χ4v) is 4.10. The number of nitrogens with zero attached hydrogens (tertiary/aromatic N) is 3. The molecule has 1 fully saturated rings. The molecule has 28 heavy (non-hydrogen) atoms. The first-order valence-corrected chi connectivity index (χ1v) is 10.3. The van der Waals surface area contributed by atoms with Crippen LogP contribution in [0.4, 0.5) is 13.2 Å². The lowest BCUT2D eigenvalue weighted by Crippen LogP contribution is -2.43. The molecule has 3 rings (SSSR count). The van der Waals surface area contributed by atoms with Crippen LogP contribution in [0.5, 0.6) is 0 Å². The van der Waals surface area contributed by atoms with Crippen LogP contribution in [0.2, 0.25) is 0 Å². The number of alkyl halides is 3. The van der Waals surface area contributed by atoms with Crippen molar-refractivity contribution in [3.8, 4) is 11.5 Å². The highest BCUT2D eigenvalue weighted by Crippen LogP contribution is 2.32. The summed E-state index contributed by atoms with van der Waals surface area (Å²) in [4.78, 5) is 22.2. The highest BCUT2D eigenvalue weighted by Gasteiger charge is 2.34. The summed E-state index contributed by atoms with van der Waals surface area (Å²) in [7, 11) is 0. The molecule has 1 aliphatic rings. The van der Waals surface area contributed by atoms with Crippen molar-refractivity contribution in [3.63, 3.8) is 0 Å². The normalized spacial score (nSPS) is 17.7. The summed E-state index contributed by atoms with van der Waals surface area (Å²) in [6, 6.07) is 4.26. The average molecular weight is 413 g/mol. The Kier molecular flexibility index (Phi) is 6.64. The Morgan fingerprint density at radius 1 is 1.36 bits per heavy atom. The van der Waals surface area contributed by atoms with Crippen molar-refractivity contribution in [2.45, 2.75) is 56.4 Å². The number of hydrogen-bond donors (Lipinski definition) is 0. The third-order valence-corrected chi connectivity index (χ3v) is 5.58. The number of likely N-dealkylation sites (tertiary alicyclic amines) is 1.